The fourth-order valence-electron chi connectivity index (χ4n) is 2.88. The van der Waals surface area contributed by atoms with Gasteiger partial charge in [0.25, 0.3) is 5.91 Å². The molecule has 0 fully saturated rings. The molecular formula is C22H15Cl4NO3. The molecule has 0 aliphatic rings. The first-order chi connectivity index (χ1) is 14.2. The Morgan fingerprint density at radius 3 is 2.20 bits per heavy atom. The number of carbonyl (C=O) groups is 2. The summed E-state index contributed by atoms with van der Waals surface area (Å²) < 4.78 is 0. The molecule has 0 aliphatic carbocycles. The van der Waals surface area contributed by atoms with Crippen LogP contribution in [0.15, 0.2) is 54.6 Å². The SMILES string of the molecule is Cc1cc(C(=O)C(O)c2ccccc2)c(Cl)c(Cl)c1NC(=O)c1cccc(Cl)c1Cl. The lowest BCUT2D eigenvalue weighted by Crippen LogP contribution is -2.16. The van der Waals surface area contributed by atoms with Gasteiger partial charge in [0.2, 0.25) is 0 Å². The van der Waals surface area contributed by atoms with Crippen LogP contribution in [0.3, 0.4) is 0 Å². The third kappa shape index (κ3) is 4.48. The number of aliphatic hydroxyl groups is 1. The Bertz CT molecular complexity index is 1130. The lowest BCUT2D eigenvalue weighted by molar-refractivity contribution is 0.0747. The first kappa shape index (κ1) is 22.6. The van der Waals surface area contributed by atoms with Crippen molar-refractivity contribution < 1.29 is 14.7 Å². The van der Waals surface area contributed by atoms with Gasteiger partial charge in [-0.1, -0.05) is 82.8 Å². The van der Waals surface area contributed by atoms with E-state index < -0.39 is 17.8 Å². The van der Waals surface area contributed by atoms with Gasteiger partial charge in [0.15, 0.2) is 5.78 Å². The van der Waals surface area contributed by atoms with E-state index in [0.717, 1.165) is 0 Å². The fourth-order valence-corrected chi connectivity index (χ4v) is 3.81. The number of amides is 1. The van der Waals surface area contributed by atoms with Gasteiger partial charge in [-0.25, -0.2) is 0 Å². The zero-order valence-corrected chi connectivity index (χ0v) is 18.6. The van der Waals surface area contributed by atoms with Crippen LogP contribution in [-0.2, 0) is 0 Å². The molecule has 3 aromatic rings. The lowest BCUT2D eigenvalue weighted by atomic mass is 9.98. The van der Waals surface area contributed by atoms with Gasteiger partial charge in [-0.15, -0.1) is 0 Å². The number of carbonyl (C=O) groups excluding carboxylic acids is 2. The monoisotopic (exact) mass is 481 g/mol. The molecule has 1 amide bonds. The molecule has 154 valence electrons. The molecular weight excluding hydrogens is 468 g/mol. The quantitative estimate of drug-likeness (QED) is 0.394. The van der Waals surface area contributed by atoms with Crippen molar-refractivity contribution in [1.29, 1.82) is 0 Å². The number of ketones is 1. The molecule has 0 heterocycles. The minimum Gasteiger partial charge on any atom is -0.380 e. The van der Waals surface area contributed by atoms with Crippen LogP contribution in [0.25, 0.3) is 0 Å². The van der Waals surface area contributed by atoms with E-state index in [9.17, 15) is 14.7 Å². The molecule has 0 bridgehead atoms. The summed E-state index contributed by atoms with van der Waals surface area (Å²) in [5.41, 5.74) is 1.36. The number of Topliss-reactive ketones (excluding diaryl/α,β-unsaturated/α-hetero) is 1. The fraction of sp³-hybridized carbons (Fsp3) is 0.0909. The molecule has 30 heavy (non-hydrogen) atoms. The van der Waals surface area contributed by atoms with E-state index in [2.05, 4.69) is 5.32 Å². The predicted molar refractivity (Wildman–Crippen MR) is 121 cm³/mol. The molecule has 1 atom stereocenters. The maximum absolute atomic E-state index is 12.8. The average molecular weight is 483 g/mol. The lowest BCUT2D eigenvalue weighted by Gasteiger charge is -2.17. The highest BCUT2D eigenvalue weighted by Gasteiger charge is 2.25. The predicted octanol–water partition coefficient (Wildman–Crippen LogP) is 6.78. The van der Waals surface area contributed by atoms with Gasteiger partial charge < -0.3 is 10.4 Å². The Morgan fingerprint density at radius 2 is 1.53 bits per heavy atom. The summed E-state index contributed by atoms with van der Waals surface area (Å²) >= 11 is 24.7. The average Bonchev–Trinajstić information content (AvgIpc) is 2.75. The molecule has 3 aromatic carbocycles. The van der Waals surface area contributed by atoms with Gasteiger partial charge in [0.1, 0.15) is 6.10 Å². The van der Waals surface area contributed by atoms with E-state index in [1.807, 2.05) is 0 Å². The molecule has 2 N–H and O–H groups in total. The Kier molecular flexibility index (Phi) is 7.06. The molecule has 0 radical (unpaired) electrons. The third-order valence-corrected chi connectivity index (χ3v) is 6.15. The molecule has 8 heteroatoms. The zero-order valence-electron chi connectivity index (χ0n) is 15.5. The van der Waals surface area contributed by atoms with Crippen molar-refractivity contribution in [2.75, 3.05) is 5.32 Å². The van der Waals surface area contributed by atoms with E-state index in [4.69, 9.17) is 46.4 Å². The van der Waals surface area contributed by atoms with Crippen LogP contribution in [0.5, 0.6) is 0 Å². The van der Waals surface area contributed by atoms with E-state index in [-0.39, 0.29) is 36.9 Å². The molecule has 4 nitrogen and oxygen atoms in total. The first-order valence-corrected chi connectivity index (χ1v) is 10.2. The molecule has 3 rings (SSSR count). The van der Waals surface area contributed by atoms with Gasteiger partial charge in [-0.2, -0.15) is 0 Å². The first-order valence-electron chi connectivity index (χ1n) is 8.73. The minimum absolute atomic E-state index is 0.0215. The summed E-state index contributed by atoms with van der Waals surface area (Å²) in [4.78, 5) is 25.4. The van der Waals surface area contributed by atoms with Crippen molar-refractivity contribution in [3.05, 3.63) is 96.9 Å². The smallest absolute Gasteiger partial charge is 0.257 e. The van der Waals surface area contributed by atoms with E-state index in [1.165, 1.54) is 12.1 Å². The Hall–Kier alpha value is -2.08. The molecule has 0 aromatic heterocycles. The highest BCUT2D eigenvalue weighted by atomic mass is 35.5. The Morgan fingerprint density at radius 1 is 0.867 bits per heavy atom. The number of aryl methyl sites for hydroxylation is 1. The number of halogens is 4. The van der Waals surface area contributed by atoms with Crippen LogP contribution in [0.1, 0.15) is 37.9 Å². The maximum atomic E-state index is 12.8. The van der Waals surface area contributed by atoms with Crippen molar-refractivity contribution >= 4 is 63.8 Å². The highest BCUT2D eigenvalue weighted by molar-refractivity contribution is 6.46. The van der Waals surface area contributed by atoms with Gasteiger partial charge in [-0.3, -0.25) is 9.59 Å². The van der Waals surface area contributed by atoms with E-state index >= 15 is 0 Å². The minimum atomic E-state index is -1.40. The summed E-state index contributed by atoms with van der Waals surface area (Å²) in [6.45, 7) is 1.66. The topological polar surface area (TPSA) is 66.4 Å². The van der Waals surface area contributed by atoms with E-state index in [0.29, 0.717) is 11.1 Å². The van der Waals surface area contributed by atoms with Gasteiger partial charge >= 0.3 is 0 Å². The summed E-state index contributed by atoms with van der Waals surface area (Å²) in [6.07, 6.45) is -1.40. The summed E-state index contributed by atoms with van der Waals surface area (Å²) in [5.74, 6) is -1.14. The Labute approximate surface area is 193 Å². The number of aliphatic hydroxyl groups excluding tert-OH is 1. The molecule has 0 spiro atoms. The second-order valence-electron chi connectivity index (χ2n) is 6.48. The van der Waals surface area contributed by atoms with Crippen LogP contribution >= 0.6 is 46.4 Å². The van der Waals surface area contributed by atoms with Crippen molar-refractivity contribution in [2.24, 2.45) is 0 Å². The van der Waals surface area contributed by atoms with Gasteiger partial charge in [0, 0.05) is 5.56 Å². The zero-order chi connectivity index (χ0) is 22.0. The second kappa shape index (κ2) is 9.38. The van der Waals surface area contributed by atoms with Gasteiger partial charge in [-0.05, 0) is 36.2 Å². The standard InChI is InChI=1S/C22H15Cl4NO3/c1-11-10-14(21(29)20(28)12-6-3-2-4-7-12)17(25)18(26)19(11)27-22(30)13-8-5-9-15(23)16(13)24/h2-10,20,28H,1H3,(H,27,30). The molecule has 0 saturated carbocycles. The molecule has 0 aliphatic heterocycles. The maximum Gasteiger partial charge on any atom is 0.257 e. The van der Waals surface area contributed by atoms with Crippen molar-refractivity contribution in [2.45, 2.75) is 13.0 Å². The van der Waals surface area contributed by atoms with Crippen molar-refractivity contribution in [3.63, 3.8) is 0 Å². The van der Waals surface area contributed by atoms with Gasteiger partial charge in [0.05, 0.1) is 31.3 Å². The number of nitrogens with one attached hydrogen (secondary N) is 1. The normalized spacial score (nSPS) is 11.8. The van der Waals surface area contributed by atoms with Crippen molar-refractivity contribution in [1.82, 2.24) is 0 Å². The summed E-state index contributed by atoms with van der Waals surface area (Å²) in [5, 5.41) is 13.3. The molecule has 1 unspecified atom stereocenters. The number of hydrogen-bond donors (Lipinski definition) is 2. The second-order valence-corrected chi connectivity index (χ2v) is 8.02. The highest BCUT2D eigenvalue weighted by Crippen LogP contribution is 2.38. The van der Waals surface area contributed by atoms with Crippen molar-refractivity contribution in [3.8, 4) is 0 Å². The molecule has 0 saturated heterocycles. The Balaban J connectivity index is 1.94. The van der Waals surface area contributed by atoms with E-state index in [1.54, 1.807) is 49.4 Å². The summed E-state index contributed by atoms with van der Waals surface area (Å²) in [6, 6.07) is 14.6. The van der Waals surface area contributed by atoms with Crippen LogP contribution in [0, 0.1) is 6.92 Å². The largest absolute Gasteiger partial charge is 0.380 e. The number of benzene rings is 3. The summed E-state index contributed by atoms with van der Waals surface area (Å²) in [7, 11) is 0. The third-order valence-electron chi connectivity index (χ3n) is 4.47. The van der Waals surface area contributed by atoms with Crippen LogP contribution in [0.4, 0.5) is 5.69 Å². The number of rotatable bonds is 5. The van der Waals surface area contributed by atoms with Crippen LogP contribution in [0.2, 0.25) is 20.1 Å². The number of anilines is 1. The van der Waals surface area contributed by atoms with Crippen LogP contribution < -0.4 is 5.32 Å². The number of hydrogen-bond acceptors (Lipinski definition) is 3. The van der Waals surface area contributed by atoms with Crippen LogP contribution in [-0.4, -0.2) is 16.8 Å².